The van der Waals surface area contributed by atoms with Crippen molar-refractivity contribution >= 4 is 44.5 Å². The lowest BCUT2D eigenvalue weighted by Crippen LogP contribution is -2.26. The number of amides is 1. The number of fused-ring (bicyclic) bond motifs is 3. The van der Waals surface area contributed by atoms with Crippen LogP contribution in [-0.4, -0.2) is 10.9 Å². The lowest BCUT2D eigenvalue weighted by Gasteiger charge is -2.24. The molecule has 2 aromatic heterocycles. The molecule has 0 aliphatic carbocycles. The van der Waals surface area contributed by atoms with E-state index in [1.807, 2.05) is 53.4 Å². The van der Waals surface area contributed by atoms with E-state index in [0.29, 0.717) is 16.5 Å². The zero-order valence-electron chi connectivity index (χ0n) is 17.8. The van der Waals surface area contributed by atoms with Gasteiger partial charge in [-0.3, -0.25) is 9.69 Å². The summed E-state index contributed by atoms with van der Waals surface area (Å²) in [4.78, 5) is 22.0. The molecule has 0 saturated carbocycles. The van der Waals surface area contributed by atoms with Crippen molar-refractivity contribution in [2.45, 2.75) is 33.1 Å². The molecule has 5 rings (SSSR count). The van der Waals surface area contributed by atoms with E-state index in [2.05, 4.69) is 26.0 Å². The molecule has 0 atom stereocenters. The molecule has 4 nitrogen and oxygen atoms in total. The average Bonchev–Trinajstić information content (AvgIpc) is 2.99. The first kappa shape index (κ1) is 19.8. The van der Waals surface area contributed by atoms with Crippen LogP contribution >= 0.6 is 11.3 Å². The van der Waals surface area contributed by atoms with Gasteiger partial charge in [0.2, 0.25) is 0 Å². The number of hydrogen-bond donors (Lipinski definition) is 1. The summed E-state index contributed by atoms with van der Waals surface area (Å²) in [7, 11) is 0. The molecular weight excluding hydrogens is 402 g/mol. The molecular formula is C26H25N3OS. The molecule has 5 heteroatoms. The van der Waals surface area contributed by atoms with E-state index in [0.717, 1.165) is 46.5 Å². The molecule has 3 heterocycles. The Hall–Kier alpha value is -3.18. The number of pyridine rings is 1. The summed E-state index contributed by atoms with van der Waals surface area (Å²) in [6.07, 6.45) is 2.71. The van der Waals surface area contributed by atoms with E-state index in [1.54, 1.807) is 0 Å². The minimum Gasteiger partial charge on any atom is -0.397 e. The quantitative estimate of drug-likeness (QED) is 0.426. The van der Waals surface area contributed by atoms with Crippen molar-refractivity contribution in [2.24, 2.45) is 5.92 Å². The first-order chi connectivity index (χ1) is 15.0. The Morgan fingerprint density at radius 2 is 1.61 bits per heavy atom. The number of anilines is 3. The van der Waals surface area contributed by atoms with Crippen molar-refractivity contribution in [1.82, 2.24) is 4.98 Å². The number of nitrogen functional groups attached to an aromatic ring is 1. The van der Waals surface area contributed by atoms with Gasteiger partial charge in [-0.1, -0.05) is 50.2 Å². The van der Waals surface area contributed by atoms with Crippen LogP contribution in [0.5, 0.6) is 0 Å². The number of aromatic nitrogens is 1. The number of rotatable bonds is 3. The predicted molar refractivity (Wildman–Crippen MR) is 129 cm³/mol. The molecule has 1 aliphatic rings. The Kier molecular flexibility index (Phi) is 4.98. The van der Waals surface area contributed by atoms with Crippen molar-refractivity contribution < 1.29 is 4.79 Å². The second-order valence-electron chi connectivity index (χ2n) is 8.50. The number of benzene rings is 2. The van der Waals surface area contributed by atoms with E-state index < -0.39 is 0 Å². The topological polar surface area (TPSA) is 59.2 Å². The number of nitrogens with zero attached hydrogens (tertiary/aromatic N) is 2. The Labute approximate surface area is 186 Å². The number of para-hydroxylation sites is 2. The van der Waals surface area contributed by atoms with Crippen molar-refractivity contribution in [3.8, 4) is 0 Å². The first-order valence-electron chi connectivity index (χ1n) is 10.7. The molecule has 0 fully saturated rings. The fraction of sp³-hybridized carbons (Fsp3) is 0.231. The van der Waals surface area contributed by atoms with Crippen LogP contribution in [0.25, 0.3) is 10.2 Å². The van der Waals surface area contributed by atoms with Crippen molar-refractivity contribution in [3.63, 3.8) is 0 Å². The van der Waals surface area contributed by atoms with Crippen LogP contribution in [0.1, 0.15) is 40.3 Å². The molecule has 1 amide bonds. The SMILES string of the molecule is CC(C)Cc1ccc2c(N)c(C(=O)N3c4ccccc4CCc4ccccc43)sc2n1. The first-order valence-corrected chi connectivity index (χ1v) is 11.5. The Morgan fingerprint density at radius 3 is 2.23 bits per heavy atom. The summed E-state index contributed by atoms with van der Waals surface area (Å²) in [6, 6.07) is 20.3. The molecule has 0 radical (unpaired) electrons. The van der Waals surface area contributed by atoms with Crippen LogP contribution < -0.4 is 10.6 Å². The normalized spacial score (nSPS) is 13.2. The zero-order valence-corrected chi connectivity index (χ0v) is 18.6. The minimum absolute atomic E-state index is 0.0901. The molecule has 1 aliphatic heterocycles. The smallest absolute Gasteiger partial charge is 0.275 e. The molecule has 31 heavy (non-hydrogen) atoms. The summed E-state index contributed by atoms with van der Waals surface area (Å²) in [5.41, 5.74) is 12.3. The molecule has 156 valence electrons. The molecule has 2 N–H and O–H groups in total. The third-order valence-corrected chi connectivity index (χ3v) is 6.90. The van der Waals surface area contributed by atoms with Gasteiger partial charge in [-0.25, -0.2) is 4.98 Å². The second-order valence-corrected chi connectivity index (χ2v) is 9.50. The van der Waals surface area contributed by atoms with Gasteiger partial charge in [-0.05, 0) is 60.6 Å². The molecule has 4 aromatic rings. The molecule has 0 bridgehead atoms. The van der Waals surface area contributed by atoms with E-state index in [-0.39, 0.29) is 5.91 Å². The van der Waals surface area contributed by atoms with Gasteiger partial charge in [-0.15, -0.1) is 11.3 Å². The van der Waals surface area contributed by atoms with Gasteiger partial charge in [0, 0.05) is 11.1 Å². The zero-order chi connectivity index (χ0) is 21.5. The molecule has 0 spiro atoms. The van der Waals surface area contributed by atoms with Gasteiger partial charge in [0.25, 0.3) is 5.91 Å². The fourth-order valence-corrected chi connectivity index (χ4v) is 5.37. The summed E-state index contributed by atoms with van der Waals surface area (Å²) < 4.78 is 0. The molecule has 0 unspecified atom stereocenters. The van der Waals surface area contributed by atoms with E-state index in [1.165, 1.54) is 22.5 Å². The van der Waals surface area contributed by atoms with Gasteiger partial charge in [0.1, 0.15) is 9.71 Å². The van der Waals surface area contributed by atoms with Gasteiger partial charge < -0.3 is 5.73 Å². The summed E-state index contributed by atoms with van der Waals surface area (Å²) >= 11 is 1.40. The highest BCUT2D eigenvalue weighted by Crippen LogP contribution is 2.40. The fourth-order valence-electron chi connectivity index (χ4n) is 4.33. The lowest BCUT2D eigenvalue weighted by molar-refractivity contribution is 0.100. The van der Waals surface area contributed by atoms with Crippen LogP contribution in [0, 0.1) is 5.92 Å². The van der Waals surface area contributed by atoms with Crippen molar-refractivity contribution in [1.29, 1.82) is 0 Å². The minimum atomic E-state index is -0.0901. The third kappa shape index (κ3) is 3.49. The second kappa shape index (κ2) is 7.82. The van der Waals surface area contributed by atoms with E-state index in [4.69, 9.17) is 10.7 Å². The maximum absolute atomic E-state index is 14.0. The van der Waals surface area contributed by atoms with Crippen LogP contribution in [0.2, 0.25) is 0 Å². The number of carbonyl (C=O) groups excluding carboxylic acids is 1. The van der Waals surface area contributed by atoms with Gasteiger partial charge in [0.05, 0.1) is 17.1 Å². The number of carbonyl (C=O) groups is 1. The van der Waals surface area contributed by atoms with Crippen LogP contribution in [0.15, 0.2) is 60.7 Å². The summed E-state index contributed by atoms with van der Waals surface area (Å²) in [6.45, 7) is 4.36. The standard InChI is InChI=1S/C26H25N3OS/c1-16(2)15-19-13-14-20-23(27)24(31-25(20)28-19)26(30)29-21-9-5-3-7-17(21)11-12-18-8-4-6-10-22(18)29/h3-10,13-14,16H,11-12,15,27H2,1-2H3. The number of aryl methyl sites for hydroxylation is 2. The summed E-state index contributed by atoms with van der Waals surface area (Å²) in [5, 5.41) is 0.859. The largest absolute Gasteiger partial charge is 0.397 e. The number of nitrogens with two attached hydrogens (primary N) is 1. The third-order valence-electron chi connectivity index (χ3n) is 5.79. The summed E-state index contributed by atoms with van der Waals surface area (Å²) in [5.74, 6) is 0.432. The maximum Gasteiger partial charge on any atom is 0.275 e. The molecule has 2 aromatic carbocycles. The Morgan fingerprint density at radius 1 is 1.00 bits per heavy atom. The number of hydrogen-bond acceptors (Lipinski definition) is 4. The van der Waals surface area contributed by atoms with E-state index in [9.17, 15) is 4.79 Å². The van der Waals surface area contributed by atoms with Crippen LogP contribution in [0.4, 0.5) is 17.1 Å². The van der Waals surface area contributed by atoms with Gasteiger partial charge in [0.15, 0.2) is 0 Å². The van der Waals surface area contributed by atoms with Crippen LogP contribution in [0.3, 0.4) is 0 Å². The van der Waals surface area contributed by atoms with E-state index >= 15 is 0 Å². The van der Waals surface area contributed by atoms with Crippen molar-refractivity contribution in [3.05, 3.63) is 82.4 Å². The van der Waals surface area contributed by atoms with Gasteiger partial charge in [-0.2, -0.15) is 0 Å². The highest BCUT2D eigenvalue weighted by molar-refractivity contribution is 7.21. The highest BCUT2D eigenvalue weighted by atomic mass is 32.1. The van der Waals surface area contributed by atoms with Gasteiger partial charge >= 0.3 is 0 Å². The average molecular weight is 428 g/mol. The molecule has 0 saturated heterocycles. The highest BCUT2D eigenvalue weighted by Gasteiger charge is 2.29. The van der Waals surface area contributed by atoms with Crippen LogP contribution in [-0.2, 0) is 19.3 Å². The monoisotopic (exact) mass is 427 g/mol. The number of thiophene rings is 1. The maximum atomic E-state index is 14.0. The Balaban J connectivity index is 1.65. The lowest BCUT2D eigenvalue weighted by atomic mass is 10.0. The van der Waals surface area contributed by atoms with Crippen molar-refractivity contribution in [2.75, 3.05) is 10.6 Å². The Bertz CT molecular complexity index is 1240. The predicted octanol–water partition coefficient (Wildman–Crippen LogP) is 6.15.